The normalized spacial score (nSPS) is 48.4. The third kappa shape index (κ3) is 0.857. The van der Waals surface area contributed by atoms with Gasteiger partial charge >= 0.3 is 0 Å². The molecule has 0 spiro atoms. The molecule has 0 aliphatic carbocycles. The summed E-state index contributed by atoms with van der Waals surface area (Å²) in [6, 6.07) is 0. The minimum Gasteiger partial charge on any atom is -0.365 e. The van der Waals surface area contributed by atoms with E-state index in [1.165, 1.54) is 0 Å². The number of hydrogen-bond donors (Lipinski definition) is 0. The molecule has 11 heavy (non-hydrogen) atoms. The molecular formula is C9H12O2. The molecule has 2 nitrogen and oxygen atoms in total. The number of carbonyl (C=O) groups is 1. The molecule has 2 aliphatic rings. The average Bonchev–Trinajstić information content (AvgIpc) is 2.44. The van der Waals surface area contributed by atoms with Crippen molar-refractivity contribution in [3.8, 4) is 0 Å². The largest absolute Gasteiger partial charge is 0.365 e. The number of rotatable bonds is 0. The van der Waals surface area contributed by atoms with Gasteiger partial charge in [0.15, 0.2) is 0 Å². The lowest BCUT2D eigenvalue weighted by Gasteiger charge is -2.30. The summed E-state index contributed by atoms with van der Waals surface area (Å²) in [6.07, 6.45) is 4.14. The van der Waals surface area contributed by atoms with Gasteiger partial charge in [0.2, 0.25) is 0 Å². The van der Waals surface area contributed by atoms with Crippen LogP contribution in [0.15, 0.2) is 12.2 Å². The molecule has 0 radical (unpaired) electrons. The van der Waals surface area contributed by atoms with Gasteiger partial charge in [-0.1, -0.05) is 26.0 Å². The number of ether oxygens (including phenoxy) is 1. The van der Waals surface area contributed by atoms with Crippen molar-refractivity contribution in [3.05, 3.63) is 12.2 Å². The summed E-state index contributed by atoms with van der Waals surface area (Å²) in [7, 11) is 0. The van der Waals surface area contributed by atoms with E-state index in [0.717, 1.165) is 0 Å². The van der Waals surface area contributed by atoms with Crippen LogP contribution < -0.4 is 0 Å². The molecule has 0 saturated carbocycles. The van der Waals surface area contributed by atoms with Crippen LogP contribution in [-0.4, -0.2) is 18.0 Å². The maximum absolute atomic E-state index is 11.5. The standard InChI is InChI=1S/C9H12O2/c1-5-7-3-4-8(11-7)6(2)9(5)10/h3-8H,1-2H3/t5-,6-,7-,8+/m0/s1. The van der Waals surface area contributed by atoms with Gasteiger partial charge in [-0.15, -0.1) is 0 Å². The summed E-state index contributed by atoms with van der Waals surface area (Å²) in [5, 5.41) is 0. The smallest absolute Gasteiger partial charge is 0.144 e. The quantitative estimate of drug-likeness (QED) is 0.487. The number of carbonyl (C=O) groups excluding carboxylic acids is 1. The van der Waals surface area contributed by atoms with Crippen molar-refractivity contribution in [2.75, 3.05) is 0 Å². The first-order valence-corrected chi connectivity index (χ1v) is 4.07. The maximum Gasteiger partial charge on any atom is 0.144 e. The highest BCUT2D eigenvalue weighted by molar-refractivity contribution is 5.85. The summed E-state index contributed by atoms with van der Waals surface area (Å²) in [6.45, 7) is 3.88. The Hall–Kier alpha value is -0.630. The fourth-order valence-corrected chi connectivity index (χ4v) is 1.80. The lowest BCUT2D eigenvalue weighted by atomic mass is 9.88. The van der Waals surface area contributed by atoms with Crippen LogP contribution in [0.5, 0.6) is 0 Å². The summed E-state index contributed by atoms with van der Waals surface area (Å²) in [5.74, 6) is 0.455. The predicted octanol–water partition coefficient (Wildman–Crippen LogP) is 1.16. The molecule has 1 saturated heterocycles. The van der Waals surface area contributed by atoms with Gasteiger partial charge in [0, 0.05) is 11.8 Å². The molecule has 2 aliphatic heterocycles. The van der Waals surface area contributed by atoms with E-state index in [2.05, 4.69) is 0 Å². The molecule has 2 bridgehead atoms. The summed E-state index contributed by atoms with van der Waals surface area (Å²) in [5.41, 5.74) is 0. The predicted molar refractivity (Wildman–Crippen MR) is 41.1 cm³/mol. The van der Waals surface area contributed by atoms with E-state index < -0.39 is 0 Å². The number of hydrogen-bond acceptors (Lipinski definition) is 2. The third-order valence-corrected chi connectivity index (χ3v) is 2.69. The third-order valence-electron chi connectivity index (χ3n) is 2.69. The zero-order valence-electron chi connectivity index (χ0n) is 6.78. The van der Waals surface area contributed by atoms with E-state index in [1.54, 1.807) is 0 Å². The van der Waals surface area contributed by atoms with Gasteiger partial charge in [0.05, 0.1) is 12.2 Å². The van der Waals surface area contributed by atoms with Crippen LogP contribution >= 0.6 is 0 Å². The van der Waals surface area contributed by atoms with Crippen molar-refractivity contribution in [3.63, 3.8) is 0 Å². The summed E-state index contributed by atoms with van der Waals surface area (Å²) >= 11 is 0. The number of ketones is 1. The number of fused-ring (bicyclic) bond motifs is 2. The van der Waals surface area contributed by atoms with Crippen molar-refractivity contribution in [1.29, 1.82) is 0 Å². The lowest BCUT2D eigenvalue weighted by molar-refractivity contribution is -0.142. The highest BCUT2D eigenvalue weighted by atomic mass is 16.5. The van der Waals surface area contributed by atoms with Gasteiger partial charge in [0.1, 0.15) is 5.78 Å². The Morgan fingerprint density at radius 3 is 2.09 bits per heavy atom. The van der Waals surface area contributed by atoms with Gasteiger partial charge in [-0.3, -0.25) is 4.79 Å². The van der Waals surface area contributed by atoms with Crippen LogP contribution in [0.4, 0.5) is 0 Å². The molecule has 2 heterocycles. The first-order valence-electron chi connectivity index (χ1n) is 4.07. The van der Waals surface area contributed by atoms with Gasteiger partial charge in [0.25, 0.3) is 0 Å². The van der Waals surface area contributed by atoms with Crippen LogP contribution in [-0.2, 0) is 9.53 Å². The zero-order chi connectivity index (χ0) is 8.01. The Kier molecular flexibility index (Phi) is 1.39. The molecule has 0 unspecified atom stereocenters. The second kappa shape index (κ2) is 2.18. The molecule has 0 amide bonds. The highest BCUT2D eigenvalue weighted by Gasteiger charge is 2.41. The van der Waals surface area contributed by atoms with E-state index >= 15 is 0 Å². The Balaban J connectivity index is 2.29. The second-order valence-corrected chi connectivity index (χ2v) is 3.43. The summed E-state index contributed by atoms with van der Waals surface area (Å²) < 4.78 is 5.56. The van der Waals surface area contributed by atoms with Gasteiger partial charge < -0.3 is 4.74 Å². The molecule has 0 aromatic heterocycles. The van der Waals surface area contributed by atoms with Gasteiger partial charge in [-0.2, -0.15) is 0 Å². The Morgan fingerprint density at radius 2 is 1.64 bits per heavy atom. The van der Waals surface area contributed by atoms with E-state index in [0.29, 0.717) is 5.78 Å². The van der Waals surface area contributed by atoms with Crippen molar-refractivity contribution >= 4 is 5.78 Å². The molecule has 0 aromatic carbocycles. The molecule has 0 aromatic rings. The van der Waals surface area contributed by atoms with Crippen molar-refractivity contribution < 1.29 is 9.53 Å². The highest BCUT2D eigenvalue weighted by Crippen LogP contribution is 2.32. The van der Waals surface area contributed by atoms with Crippen LogP contribution in [0.3, 0.4) is 0 Å². The molecule has 2 rings (SSSR count). The van der Waals surface area contributed by atoms with Gasteiger partial charge in [-0.05, 0) is 0 Å². The first-order chi connectivity index (χ1) is 5.20. The lowest BCUT2D eigenvalue weighted by Crippen LogP contribution is -2.40. The van der Waals surface area contributed by atoms with E-state index in [-0.39, 0.29) is 24.0 Å². The number of Topliss-reactive ketones (excluding diaryl/α,β-unsaturated/α-hetero) is 1. The van der Waals surface area contributed by atoms with E-state index in [1.807, 2.05) is 26.0 Å². The monoisotopic (exact) mass is 152 g/mol. The van der Waals surface area contributed by atoms with Crippen LogP contribution in [0, 0.1) is 11.8 Å². The Morgan fingerprint density at radius 1 is 1.18 bits per heavy atom. The Labute approximate surface area is 66.2 Å². The SMILES string of the molecule is C[C@@H]1C(=O)[C@@H](C)[C@H]2C=C[C@@H]1O2. The molecule has 0 N–H and O–H groups in total. The molecule has 4 atom stereocenters. The minimum absolute atomic E-state index is 0.0556. The fraction of sp³-hybridized carbons (Fsp3) is 0.667. The van der Waals surface area contributed by atoms with E-state index in [4.69, 9.17) is 4.74 Å². The van der Waals surface area contributed by atoms with Crippen LogP contribution in [0.25, 0.3) is 0 Å². The van der Waals surface area contributed by atoms with Crippen molar-refractivity contribution in [2.45, 2.75) is 26.1 Å². The molecular weight excluding hydrogens is 140 g/mol. The van der Waals surface area contributed by atoms with Crippen LogP contribution in [0.1, 0.15) is 13.8 Å². The second-order valence-electron chi connectivity index (χ2n) is 3.43. The average molecular weight is 152 g/mol. The Bertz CT molecular complexity index is 200. The topological polar surface area (TPSA) is 26.3 Å². The molecule has 2 heteroatoms. The van der Waals surface area contributed by atoms with Gasteiger partial charge in [-0.25, -0.2) is 0 Å². The molecule has 1 fully saturated rings. The van der Waals surface area contributed by atoms with E-state index in [9.17, 15) is 4.79 Å². The maximum atomic E-state index is 11.5. The first kappa shape index (κ1) is 7.04. The fourth-order valence-electron chi connectivity index (χ4n) is 1.80. The summed E-state index contributed by atoms with van der Waals surface area (Å²) in [4.78, 5) is 11.5. The van der Waals surface area contributed by atoms with Crippen molar-refractivity contribution in [1.82, 2.24) is 0 Å². The molecule has 60 valence electrons. The van der Waals surface area contributed by atoms with Crippen LogP contribution in [0.2, 0.25) is 0 Å². The van der Waals surface area contributed by atoms with Crippen molar-refractivity contribution in [2.24, 2.45) is 11.8 Å². The minimum atomic E-state index is 0.0556. The zero-order valence-corrected chi connectivity index (χ0v) is 6.78.